The number of amides is 7. The number of imide groups is 2. The van der Waals surface area contributed by atoms with E-state index >= 15 is 9.18 Å². The molecule has 0 bridgehead atoms. The molecule has 0 radical (unpaired) electrons. The van der Waals surface area contributed by atoms with Crippen LogP contribution in [0.5, 0.6) is 0 Å². The molecule has 7 amide bonds. The number of halogens is 1. The summed E-state index contributed by atoms with van der Waals surface area (Å²) < 4.78 is 17.2. The number of nitrogens with zero attached hydrogens (tertiary/aromatic N) is 9. The Bertz CT molecular complexity index is 3360. The van der Waals surface area contributed by atoms with Gasteiger partial charge in [0, 0.05) is 92.6 Å². The summed E-state index contributed by atoms with van der Waals surface area (Å²) >= 11 is 0. The highest BCUT2D eigenvalue weighted by atomic mass is 19.1. The standard InChI is InChI=1S/C61H68FN11O7/c1-36(2)71-35-63-49-34-48(65-54(53(49)71)64-47-9-5-4-8-46(47)62)39-14-17-45-51(30-39)72(42-31-41(32-42)67-22-6-3-7-23-67)60(80)61(45)20-24-69(25-21-61)56(76)37-10-12-38(13-11-37)57(77)70-28-26-68(27-29-70)40-15-16-43-44(33-40)59(79)73(58(43)78)50-18-19-52(74)66-55(50)75/h4-5,8-9,14-17,30,33-38,41-42,50H,3,6-7,10-13,18-29,31-32H2,1-2H3,(H,64,65)(H,66,74,75)/t37-,38+,41-,42+,50?. The number of carbonyl (C=O) groups is 7. The van der Waals surface area contributed by atoms with Crippen LogP contribution in [0.3, 0.4) is 0 Å². The molecular formula is C61H68FN11O7. The molecule has 8 aliphatic rings. The Balaban J connectivity index is 0.665. The molecule has 4 saturated heterocycles. The number of aromatic nitrogens is 3. The SMILES string of the molecule is CC(C)n1cnc2cc(-c3ccc4c(c3)N([C@H]3C[C@@H](N5CCCCC5)C3)C(=O)C43CCN(C(=O)[C@H]4CC[C@@H](C(=O)N5CCN(c6ccc7c(c6)C(=O)N(C6CCC(=O)NC6=O)C7=O)CC5)CC4)CC3)nc(Nc3ccccc3F)c21. The van der Waals surface area contributed by atoms with Crippen LogP contribution in [0.4, 0.5) is 27.3 Å². The van der Waals surface area contributed by atoms with Crippen molar-refractivity contribution in [1.82, 2.24) is 39.5 Å². The maximum Gasteiger partial charge on any atom is 0.262 e. The number of piperazine rings is 1. The van der Waals surface area contributed by atoms with Crippen molar-refractivity contribution in [3.05, 3.63) is 95.6 Å². The van der Waals surface area contributed by atoms with Crippen molar-refractivity contribution in [3.63, 3.8) is 0 Å². The molecule has 6 fully saturated rings. The number of nitrogens with one attached hydrogen (secondary N) is 2. The normalized spacial score (nSPS) is 25.1. The highest BCUT2D eigenvalue weighted by Gasteiger charge is 2.56. The second kappa shape index (κ2) is 20.5. The van der Waals surface area contributed by atoms with Gasteiger partial charge < -0.3 is 34.4 Å². The molecule has 80 heavy (non-hydrogen) atoms. The van der Waals surface area contributed by atoms with Gasteiger partial charge in [0.05, 0.1) is 39.8 Å². The zero-order chi connectivity index (χ0) is 55.1. The first-order valence-electron chi connectivity index (χ1n) is 29.0. The molecule has 2 saturated carbocycles. The van der Waals surface area contributed by atoms with E-state index in [4.69, 9.17) is 9.97 Å². The second-order valence-corrected chi connectivity index (χ2v) is 23.8. The van der Waals surface area contributed by atoms with Crippen molar-refractivity contribution in [1.29, 1.82) is 0 Å². The van der Waals surface area contributed by atoms with E-state index in [1.54, 1.807) is 42.7 Å². The molecule has 13 rings (SSSR count). The van der Waals surface area contributed by atoms with E-state index in [-0.39, 0.29) is 71.4 Å². The molecule has 8 heterocycles. The fourth-order valence-electron chi connectivity index (χ4n) is 14.4. The lowest BCUT2D eigenvalue weighted by Gasteiger charge is -2.48. The number of piperidine rings is 3. The number of rotatable bonds is 10. The third kappa shape index (κ3) is 8.90. The molecule has 6 aliphatic heterocycles. The van der Waals surface area contributed by atoms with E-state index < -0.39 is 35.1 Å². The molecule has 1 spiro atoms. The van der Waals surface area contributed by atoms with Gasteiger partial charge in [0.25, 0.3) is 11.8 Å². The minimum Gasteiger partial charge on any atom is -0.368 e. The van der Waals surface area contributed by atoms with Gasteiger partial charge >= 0.3 is 0 Å². The van der Waals surface area contributed by atoms with Crippen LogP contribution in [0.1, 0.15) is 130 Å². The minimum absolute atomic E-state index is 0.0498. The maximum absolute atomic E-state index is 15.3. The predicted octanol–water partition coefficient (Wildman–Crippen LogP) is 7.34. The first-order valence-corrected chi connectivity index (χ1v) is 29.0. The van der Waals surface area contributed by atoms with E-state index in [1.165, 1.54) is 25.3 Å². The Kier molecular flexibility index (Phi) is 13.3. The molecule has 2 aromatic heterocycles. The van der Waals surface area contributed by atoms with Crippen molar-refractivity contribution >= 4 is 75.3 Å². The summed E-state index contributed by atoms with van der Waals surface area (Å²) in [6.07, 6.45) is 11.0. The summed E-state index contributed by atoms with van der Waals surface area (Å²) in [5.41, 5.74) is 5.66. The van der Waals surface area contributed by atoms with Gasteiger partial charge in [-0.2, -0.15) is 0 Å². The van der Waals surface area contributed by atoms with E-state index in [1.807, 2.05) is 20.4 Å². The van der Waals surface area contributed by atoms with Gasteiger partial charge in [-0.1, -0.05) is 30.7 Å². The highest BCUT2D eigenvalue weighted by molar-refractivity contribution is 6.24. The molecule has 19 heteroatoms. The molecule has 1 atom stereocenters. The van der Waals surface area contributed by atoms with Crippen LogP contribution in [-0.4, -0.2) is 146 Å². The Morgan fingerprint density at radius 1 is 0.725 bits per heavy atom. The number of para-hydroxylation sites is 1. The quantitative estimate of drug-likeness (QED) is 0.132. The lowest BCUT2D eigenvalue weighted by Crippen LogP contribution is -2.58. The number of pyridine rings is 1. The van der Waals surface area contributed by atoms with E-state index in [9.17, 15) is 28.8 Å². The van der Waals surface area contributed by atoms with Crippen LogP contribution in [0.2, 0.25) is 0 Å². The number of hydrogen-bond acceptors (Lipinski definition) is 12. The van der Waals surface area contributed by atoms with Crippen LogP contribution in [0.25, 0.3) is 22.3 Å². The van der Waals surface area contributed by atoms with Gasteiger partial charge in [-0.15, -0.1) is 0 Å². The minimum atomic E-state index is -1.03. The van der Waals surface area contributed by atoms with E-state index in [2.05, 4.69) is 57.4 Å². The summed E-state index contributed by atoms with van der Waals surface area (Å²) in [5.74, 6) is -2.10. The summed E-state index contributed by atoms with van der Waals surface area (Å²) in [4.78, 5) is 116. The second-order valence-electron chi connectivity index (χ2n) is 23.8. The number of fused-ring (bicyclic) bond motifs is 4. The fourth-order valence-corrected chi connectivity index (χ4v) is 14.4. The van der Waals surface area contributed by atoms with Crippen molar-refractivity contribution in [3.8, 4) is 11.3 Å². The van der Waals surface area contributed by atoms with Gasteiger partial charge in [-0.05, 0) is 146 Å². The first-order chi connectivity index (χ1) is 38.7. The summed E-state index contributed by atoms with van der Waals surface area (Å²) in [6.45, 7) is 9.35. The number of likely N-dealkylation sites (tertiary alicyclic amines) is 2. The number of hydrogen-bond donors (Lipinski definition) is 2. The van der Waals surface area contributed by atoms with Crippen molar-refractivity contribution in [2.45, 2.75) is 127 Å². The average molecular weight is 1090 g/mol. The zero-order valence-electron chi connectivity index (χ0n) is 45.5. The largest absolute Gasteiger partial charge is 0.368 e. The van der Waals surface area contributed by atoms with Gasteiger partial charge in [-0.3, -0.25) is 43.8 Å². The third-order valence-electron chi connectivity index (χ3n) is 19.0. The van der Waals surface area contributed by atoms with Gasteiger partial charge in [0.1, 0.15) is 17.4 Å². The van der Waals surface area contributed by atoms with E-state index in [0.29, 0.717) is 101 Å². The molecule has 2 aliphatic carbocycles. The molecule has 1 unspecified atom stereocenters. The number of benzene rings is 3. The Morgan fingerprint density at radius 3 is 2.10 bits per heavy atom. The number of imidazole rings is 1. The predicted molar refractivity (Wildman–Crippen MR) is 298 cm³/mol. The van der Waals surface area contributed by atoms with Gasteiger partial charge in [0.15, 0.2) is 5.82 Å². The molecule has 416 valence electrons. The average Bonchev–Trinajstić information content (AvgIpc) is 4.04. The Labute approximate surface area is 464 Å². The first kappa shape index (κ1) is 51.9. The zero-order valence-corrected chi connectivity index (χ0v) is 45.5. The number of carbonyl (C=O) groups excluding carboxylic acids is 7. The van der Waals surface area contributed by atoms with Crippen LogP contribution in [-0.2, 0) is 29.4 Å². The Morgan fingerprint density at radius 2 is 1.41 bits per heavy atom. The maximum atomic E-state index is 15.3. The van der Waals surface area contributed by atoms with Crippen molar-refractivity contribution in [2.75, 3.05) is 67.5 Å². The van der Waals surface area contributed by atoms with Gasteiger partial charge in [0.2, 0.25) is 29.5 Å². The highest BCUT2D eigenvalue weighted by Crippen LogP contribution is 2.53. The molecule has 2 N–H and O–H groups in total. The molecule has 3 aromatic carbocycles. The van der Waals surface area contributed by atoms with Crippen LogP contribution >= 0.6 is 0 Å². The molecule has 5 aromatic rings. The summed E-state index contributed by atoms with van der Waals surface area (Å²) in [5, 5.41) is 5.51. The fraction of sp³-hybridized carbons (Fsp3) is 0.492. The van der Waals surface area contributed by atoms with Gasteiger partial charge in [-0.25, -0.2) is 14.4 Å². The third-order valence-corrected chi connectivity index (χ3v) is 19.0. The topological polar surface area (TPSA) is 194 Å². The summed E-state index contributed by atoms with van der Waals surface area (Å²) in [6, 6.07) is 19.5. The number of anilines is 4. The molecular weight excluding hydrogens is 1020 g/mol. The Hall–Kier alpha value is -7.54. The monoisotopic (exact) mass is 1090 g/mol. The van der Waals surface area contributed by atoms with Crippen molar-refractivity contribution < 1.29 is 38.0 Å². The lowest BCUT2D eigenvalue weighted by atomic mass is 9.72. The van der Waals surface area contributed by atoms with Crippen molar-refractivity contribution in [2.24, 2.45) is 11.8 Å². The summed E-state index contributed by atoms with van der Waals surface area (Å²) in [7, 11) is 0. The van der Waals surface area contributed by atoms with Crippen LogP contribution in [0, 0.1) is 17.7 Å². The lowest BCUT2D eigenvalue weighted by molar-refractivity contribution is -0.143. The molecule has 18 nitrogen and oxygen atoms in total. The smallest absolute Gasteiger partial charge is 0.262 e. The van der Waals surface area contributed by atoms with E-state index in [0.717, 1.165) is 64.4 Å². The van der Waals surface area contributed by atoms with Crippen LogP contribution in [0.15, 0.2) is 73.1 Å². The van der Waals surface area contributed by atoms with Crippen LogP contribution < -0.4 is 20.4 Å².